The van der Waals surface area contributed by atoms with Crippen LogP contribution < -0.4 is 20.1 Å². The Morgan fingerprint density at radius 2 is 1.55 bits per heavy atom. The van der Waals surface area contributed by atoms with E-state index in [1.165, 1.54) is 0 Å². The van der Waals surface area contributed by atoms with E-state index in [1.807, 2.05) is 30.3 Å². The minimum Gasteiger partial charge on any atom is -0.486 e. The van der Waals surface area contributed by atoms with Crippen LogP contribution in [0.1, 0.15) is 0 Å². The van der Waals surface area contributed by atoms with Crippen molar-refractivity contribution < 1.29 is 14.3 Å². The lowest BCUT2D eigenvalue weighted by molar-refractivity contribution is 0.171. The summed E-state index contributed by atoms with van der Waals surface area (Å²) in [5.74, 6) is 1.35. The quantitative estimate of drug-likeness (QED) is 0.881. The van der Waals surface area contributed by atoms with E-state index < -0.39 is 0 Å². The molecule has 5 nitrogen and oxygen atoms in total. The van der Waals surface area contributed by atoms with Crippen LogP contribution in [-0.2, 0) is 0 Å². The molecule has 0 fully saturated rings. The standard InChI is InChI=1S/C15H14N2O3/c18-15(16-11-4-2-1-3-5-11)17-12-6-7-13-14(10-12)20-9-8-19-13/h1-7,10H,8-9H2,(H2,16,17,18). The van der Waals surface area contributed by atoms with Crippen LogP contribution in [0.3, 0.4) is 0 Å². The number of para-hydroxylation sites is 1. The van der Waals surface area contributed by atoms with Gasteiger partial charge in [0.15, 0.2) is 11.5 Å². The van der Waals surface area contributed by atoms with Crippen molar-refractivity contribution >= 4 is 17.4 Å². The summed E-state index contributed by atoms with van der Waals surface area (Å²) < 4.78 is 10.9. The second-order valence-corrected chi connectivity index (χ2v) is 4.30. The van der Waals surface area contributed by atoms with Gasteiger partial charge < -0.3 is 20.1 Å². The van der Waals surface area contributed by atoms with Crippen molar-refractivity contribution in [2.24, 2.45) is 0 Å². The summed E-state index contributed by atoms with van der Waals surface area (Å²) in [5, 5.41) is 5.50. The number of rotatable bonds is 2. The van der Waals surface area contributed by atoms with Crippen molar-refractivity contribution in [3.63, 3.8) is 0 Å². The maximum atomic E-state index is 11.9. The molecule has 5 heteroatoms. The summed E-state index contributed by atoms with van der Waals surface area (Å²) in [6, 6.07) is 14.3. The number of nitrogens with one attached hydrogen (secondary N) is 2. The maximum Gasteiger partial charge on any atom is 0.323 e. The number of hydrogen-bond acceptors (Lipinski definition) is 3. The van der Waals surface area contributed by atoms with Gasteiger partial charge in [-0.1, -0.05) is 18.2 Å². The summed E-state index contributed by atoms with van der Waals surface area (Å²) in [6.07, 6.45) is 0. The summed E-state index contributed by atoms with van der Waals surface area (Å²) in [4.78, 5) is 11.9. The van der Waals surface area contributed by atoms with Crippen molar-refractivity contribution in [2.45, 2.75) is 0 Å². The molecule has 0 aromatic heterocycles. The molecule has 0 spiro atoms. The first-order valence-corrected chi connectivity index (χ1v) is 6.34. The van der Waals surface area contributed by atoms with E-state index in [9.17, 15) is 4.79 Å². The van der Waals surface area contributed by atoms with Gasteiger partial charge in [-0.05, 0) is 24.3 Å². The molecule has 2 aromatic rings. The van der Waals surface area contributed by atoms with Gasteiger partial charge in [0.2, 0.25) is 0 Å². The molecular weight excluding hydrogens is 256 g/mol. The zero-order valence-electron chi connectivity index (χ0n) is 10.8. The molecule has 0 atom stereocenters. The molecule has 20 heavy (non-hydrogen) atoms. The summed E-state index contributed by atoms with van der Waals surface area (Å²) in [6.45, 7) is 1.07. The molecule has 1 heterocycles. The van der Waals surface area contributed by atoms with Gasteiger partial charge >= 0.3 is 6.03 Å². The van der Waals surface area contributed by atoms with Crippen molar-refractivity contribution in [1.29, 1.82) is 0 Å². The third-order valence-electron chi connectivity index (χ3n) is 2.83. The van der Waals surface area contributed by atoms with E-state index in [-0.39, 0.29) is 6.03 Å². The Kier molecular flexibility index (Phi) is 3.41. The third-order valence-corrected chi connectivity index (χ3v) is 2.83. The normalized spacial score (nSPS) is 12.6. The highest BCUT2D eigenvalue weighted by Crippen LogP contribution is 2.32. The van der Waals surface area contributed by atoms with Crippen LogP contribution in [-0.4, -0.2) is 19.2 Å². The SMILES string of the molecule is O=C(Nc1ccccc1)Nc1ccc2c(c1)OCCO2. The summed E-state index contributed by atoms with van der Waals surface area (Å²) >= 11 is 0. The topological polar surface area (TPSA) is 59.6 Å². The Morgan fingerprint density at radius 1 is 0.850 bits per heavy atom. The van der Waals surface area contributed by atoms with Crippen LogP contribution in [0, 0.1) is 0 Å². The zero-order chi connectivity index (χ0) is 13.8. The third kappa shape index (κ3) is 2.83. The van der Waals surface area contributed by atoms with Crippen LogP contribution in [0.5, 0.6) is 11.5 Å². The van der Waals surface area contributed by atoms with Crippen molar-refractivity contribution in [1.82, 2.24) is 0 Å². The van der Waals surface area contributed by atoms with Gasteiger partial charge in [0.1, 0.15) is 13.2 Å². The lowest BCUT2D eigenvalue weighted by Gasteiger charge is -2.19. The number of benzene rings is 2. The van der Waals surface area contributed by atoms with Crippen LogP contribution in [0.15, 0.2) is 48.5 Å². The fourth-order valence-electron chi connectivity index (χ4n) is 1.94. The molecule has 2 aromatic carbocycles. The van der Waals surface area contributed by atoms with E-state index in [0.29, 0.717) is 30.4 Å². The highest BCUT2D eigenvalue weighted by molar-refractivity contribution is 5.99. The molecule has 1 aliphatic rings. The van der Waals surface area contributed by atoms with Gasteiger partial charge in [0.05, 0.1) is 0 Å². The number of carbonyl (C=O) groups excluding carboxylic acids is 1. The molecule has 0 radical (unpaired) electrons. The molecule has 0 saturated carbocycles. The molecule has 0 saturated heterocycles. The molecule has 2 N–H and O–H groups in total. The Labute approximate surface area is 116 Å². The first-order valence-electron chi connectivity index (χ1n) is 6.34. The average Bonchev–Trinajstić information content (AvgIpc) is 2.48. The largest absolute Gasteiger partial charge is 0.486 e. The minimum absolute atomic E-state index is 0.298. The Morgan fingerprint density at radius 3 is 2.35 bits per heavy atom. The fourth-order valence-corrected chi connectivity index (χ4v) is 1.94. The first kappa shape index (κ1) is 12.3. The van der Waals surface area contributed by atoms with E-state index in [0.717, 1.165) is 5.69 Å². The second kappa shape index (κ2) is 5.52. The van der Waals surface area contributed by atoms with E-state index in [2.05, 4.69) is 10.6 Å². The molecule has 0 aliphatic carbocycles. The smallest absolute Gasteiger partial charge is 0.323 e. The number of hydrogen-bond donors (Lipinski definition) is 2. The molecule has 2 amide bonds. The van der Waals surface area contributed by atoms with E-state index in [1.54, 1.807) is 18.2 Å². The fraction of sp³-hybridized carbons (Fsp3) is 0.133. The molecule has 0 unspecified atom stereocenters. The van der Waals surface area contributed by atoms with Gasteiger partial charge in [-0.2, -0.15) is 0 Å². The molecule has 102 valence electrons. The maximum absolute atomic E-state index is 11.9. The van der Waals surface area contributed by atoms with Gasteiger partial charge in [0.25, 0.3) is 0 Å². The van der Waals surface area contributed by atoms with Crippen LogP contribution >= 0.6 is 0 Å². The molecule has 1 aliphatic heterocycles. The Balaban J connectivity index is 1.67. The van der Waals surface area contributed by atoms with Crippen LogP contribution in [0.2, 0.25) is 0 Å². The van der Waals surface area contributed by atoms with Crippen LogP contribution in [0.25, 0.3) is 0 Å². The number of anilines is 2. The van der Waals surface area contributed by atoms with Crippen molar-refractivity contribution in [3.8, 4) is 11.5 Å². The predicted molar refractivity (Wildman–Crippen MR) is 76.5 cm³/mol. The van der Waals surface area contributed by atoms with Crippen LogP contribution in [0.4, 0.5) is 16.2 Å². The Bertz CT molecular complexity index is 614. The molecule has 3 rings (SSSR count). The van der Waals surface area contributed by atoms with Crippen molar-refractivity contribution in [2.75, 3.05) is 23.8 Å². The lowest BCUT2D eigenvalue weighted by Crippen LogP contribution is -2.20. The number of amides is 2. The van der Waals surface area contributed by atoms with Gasteiger partial charge in [-0.3, -0.25) is 0 Å². The highest BCUT2D eigenvalue weighted by Gasteiger charge is 2.12. The number of fused-ring (bicyclic) bond motifs is 1. The highest BCUT2D eigenvalue weighted by atomic mass is 16.6. The second-order valence-electron chi connectivity index (χ2n) is 4.30. The lowest BCUT2D eigenvalue weighted by atomic mass is 10.2. The summed E-state index contributed by atoms with van der Waals surface area (Å²) in [7, 11) is 0. The van der Waals surface area contributed by atoms with Gasteiger partial charge in [0, 0.05) is 17.4 Å². The number of carbonyl (C=O) groups is 1. The van der Waals surface area contributed by atoms with Gasteiger partial charge in [-0.15, -0.1) is 0 Å². The van der Waals surface area contributed by atoms with Crippen molar-refractivity contribution in [3.05, 3.63) is 48.5 Å². The molecule has 0 bridgehead atoms. The minimum atomic E-state index is -0.298. The zero-order valence-corrected chi connectivity index (χ0v) is 10.8. The number of ether oxygens (including phenoxy) is 2. The van der Waals surface area contributed by atoms with E-state index in [4.69, 9.17) is 9.47 Å². The number of urea groups is 1. The summed E-state index contributed by atoms with van der Waals surface area (Å²) in [5.41, 5.74) is 1.39. The van der Waals surface area contributed by atoms with Gasteiger partial charge in [-0.25, -0.2) is 4.79 Å². The first-order chi connectivity index (χ1) is 9.81. The average molecular weight is 270 g/mol. The molecular formula is C15H14N2O3. The predicted octanol–water partition coefficient (Wildman–Crippen LogP) is 3.10. The Hall–Kier alpha value is -2.69. The van der Waals surface area contributed by atoms with E-state index >= 15 is 0 Å². The monoisotopic (exact) mass is 270 g/mol.